The lowest BCUT2D eigenvalue weighted by Crippen LogP contribution is -2.34. The summed E-state index contributed by atoms with van der Waals surface area (Å²) in [6.07, 6.45) is -0.487. The summed E-state index contributed by atoms with van der Waals surface area (Å²) in [6, 6.07) is 5.14. The van der Waals surface area contributed by atoms with Crippen molar-refractivity contribution >= 4 is 28.7 Å². The maximum Gasteiger partial charge on any atom is 0.407 e. The summed E-state index contributed by atoms with van der Waals surface area (Å²) in [4.78, 5) is 11.4. The van der Waals surface area contributed by atoms with Crippen molar-refractivity contribution in [2.75, 3.05) is 13.2 Å². The number of rotatable bonds is 4. The van der Waals surface area contributed by atoms with Gasteiger partial charge in [-0.25, -0.2) is 4.79 Å². The Morgan fingerprint density at radius 1 is 1.43 bits per heavy atom. The summed E-state index contributed by atoms with van der Waals surface area (Å²) in [5, 5.41) is 7.67. The van der Waals surface area contributed by atoms with E-state index >= 15 is 0 Å². The number of benzene rings is 1. The fourth-order valence-corrected chi connectivity index (χ4v) is 1.78. The van der Waals surface area contributed by atoms with E-state index in [1.54, 1.807) is 39.0 Å². The van der Waals surface area contributed by atoms with Crippen molar-refractivity contribution in [3.05, 3.63) is 23.2 Å². The summed E-state index contributed by atoms with van der Waals surface area (Å²) >= 11 is 5.91. The van der Waals surface area contributed by atoms with Gasteiger partial charge in [-0.2, -0.15) is 0 Å². The molecule has 1 amide bonds. The zero-order valence-electron chi connectivity index (χ0n) is 12.1. The molecule has 2 rings (SSSR count). The van der Waals surface area contributed by atoms with Crippen molar-refractivity contribution in [1.82, 2.24) is 10.5 Å². The second-order valence-electron chi connectivity index (χ2n) is 5.41. The zero-order chi connectivity index (χ0) is 15.5. The smallest absolute Gasteiger partial charge is 0.407 e. The van der Waals surface area contributed by atoms with Gasteiger partial charge in [0.25, 0.3) is 5.88 Å². The van der Waals surface area contributed by atoms with Gasteiger partial charge in [-0.3, -0.25) is 0 Å². The molecule has 114 valence electrons. The van der Waals surface area contributed by atoms with Crippen LogP contribution in [0.2, 0.25) is 5.02 Å². The van der Waals surface area contributed by atoms with E-state index in [2.05, 4.69) is 10.5 Å². The minimum Gasteiger partial charge on any atom is -0.473 e. The number of aromatic nitrogens is 1. The molecule has 2 aromatic rings. The number of carbonyl (C=O) groups is 1. The Morgan fingerprint density at radius 2 is 2.19 bits per heavy atom. The highest BCUT2D eigenvalue weighted by molar-refractivity contribution is 6.31. The van der Waals surface area contributed by atoms with Crippen LogP contribution in [0.4, 0.5) is 4.79 Å². The van der Waals surface area contributed by atoms with Gasteiger partial charge < -0.3 is 19.3 Å². The molecule has 6 nitrogen and oxygen atoms in total. The summed E-state index contributed by atoms with van der Waals surface area (Å²) in [5.74, 6) is 0.346. The van der Waals surface area contributed by atoms with Gasteiger partial charge in [0.1, 0.15) is 12.2 Å². The van der Waals surface area contributed by atoms with Crippen LogP contribution in [0.3, 0.4) is 0 Å². The molecule has 1 heterocycles. The van der Waals surface area contributed by atoms with Crippen molar-refractivity contribution in [2.45, 2.75) is 26.4 Å². The molecule has 1 aromatic heterocycles. The molecule has 0 atom stereocenters. The average molecular weight is 313 g/mol. The predicted octanol–water partition coefficient (Wildman–Crippen LogP) is 3.38. The molecule has 0 unspecified atom stereocenters. The number of carbonyl (C=O) groups excluding carboxylic acids is 1. The Bertz CT molecular complexity index is 633. The average Bonchev–Trinajstić information content (AvgIpc) is 2.75. The normalized spacial score (nSPS) is 11.4. The topological polar surface area (TPSA) is 73.6 Å². The number of hydrogen-bond donors (Lipinski definition) is 1. The number of ether oxygens (including phenoxy) is 2. The summed E-state index contributed by atoms with van der Waals surface area (Å²) in [6.45, 7) is 5.94. The zero-order valence-corrected chi connectivity index (χ0v) is 12.9. The van der Waals surface area contributed by atoms with E-state index < -0.39 is 11.7 Å². The van der Waals surface area contributed by atoms with Gasteiger partial charge in [0.05, 0.1) is 11.9 Å². The summed E-state index contributed by atoms with van der Waals surface area (Å²) in [7, 11) is 0. The Kier molecular flexibility index (Phi) is 4.57. The van der Waals surface area contributed by atoms with Crippen LogP contribution in [0.15, 0.2) is 22.7 Å². The third-order valence-electron chi connectivity index (χ3n) is 2.41. The number of hydrogen-bond acceptors (Lipinski definition) is 5. The van der Waals surface area contributed by atoms with Crippen LogP contribution in [0, 0.1) is 0 Å². The molecule has 7 heteroatoms. The first kappa shape index (κ1) is 15.4. The monoisotopic (exact) mass is 312 g/mol. The number of fused-ring (bicyclic) bond motifs is 1. The number of alkyl carbamates (subject to hydrolysis) is 1. The first-order valence-electron chi connectivity index (χ1n) is 6.50. The van der Waals surface area contributed by atoms with E-state index in [1.165, 1.54) is 0 Å². The van der Waals surface area contributed by atoms with Crippen LogP contribution in [-0.2, 0) is 4.74 Å². The van der Waals surface area contributed by atoms with Crippen molar-refractivity contribution in [1.29, 1.82) is 0 Å². The summed E-state index contributed by atoms with van der Waals surface area (Å²) in [5.41, 5.74) is 0.0683. The van der Waals surface area contributed by atoms with Crippen LogP contribution >= 0.6 is 11.6 Å². The van der Waals surface area contributed by atoms with Crippen molar-refractivity contribution in [3.8, 4) is 5.88 Å². The predicted molar refractivity (Wildman–Crippen MR) is 78.8 cm³/mol. The van der Waals surface area contributed by atoms with Gasteiger partial charge in [0.2, 0.25) is 0 Å². The highest BCUT2D eigenvalue weighted by Gasteiger charge is 2.15. The molecule has 21 heavy (non-hydrogen) atoms. The number of halogens is 1. The number of nitrogens with one attached hydrogen (secondary N) is 1. The third-order valence-corrected chi connectivity index (χ3v) is 2.64. The molecule has 0 bridgehead atoms. The standard InChI is InChI=1S/C14H17ClN2O4/c1-14(2,3)20-13(18)16-6-7-19-12-10-8-9(15)4-5-11(10)21-17-12/h4-5,8H,6-7H2,1-3H3,(H,16,18). The van der Waals surface area contributed by atoms with Gasteiger partial charge >= 0.3 is 6.09 Å². The molecule has 0 aliphatic carbocycles. The quantitative estimate of drug-likeness (QED) is 0.876. The van der Waals surface area contributed by atoms with Gasteiger partial charge in [0.15, 0.2) is 5.58 Å². The number of nitrogens with zero attached hydrogens (tertiary/aromatic N) is 1. The van der Waals surface area contributed by atoms with Crippen molar-refractivity contribution < 1.29 is 18.8 Å². The lowest BCUT2D eigenvalue weighted by atomic mass is 10.2. The fourth-order valence-electron chi connectivity index (χ4n) is 1.61. The SMILES string of the molecule is CC(C)(C)OC(=O)NCCOc1noc2ccc(Cl)cc12. The Hall–Kier alpha value is -1.95. The molecule has 0 spiro atoms. The van der Waals surface area contributed by atoms with E-state index in [1.807, 2.05) is 0 Å². The minimum absolute atomic E-state index is 0.243. The van der Waals surface area contributed by atoms with Crippen LogP contribution < -0.4 is 10.1 Å². The molecule has 0 saturated carbocycles. The van der Waals surface area contributed by atoms with E-state index in [0.29, 0.717) is 28.4 Å². The Morgan fingerprint density at radius 3 is 2.90 bits per heavy atom. The first-order valence-corrected chi connectivity index (χ1v) is 6.87. The maximum absolute atomic E-state index is 11.4. The maximum atomic E-state index is 11.4. The van der Waals surface area contributed by atoms with Gasteiger partial charge in [0, 0.05) is 5.02 Å². The number of amides is 1. The highest BCUT2D eigenvalue weighted by Crippen LogP contribution is 2.27. The molecule has 1 N–H and O–H groups in total. The Balaban J connectivity index is 1.83. The second kappa shape index (κ2) is 6.22. The van der Waals surface area contributed by atoms with Crippen molar-refractivity contribution in [3.63, 3.8) is 0 Å². The lowest BCUT2D eigenvalue weighted by molar-refractivity contribution is 0.0520. The molecule has 1 aromatic carbocycles. The van der Waals surface area contributed by atoms with Crippen LogP contribution in [0.25, 0.3) is 11.0 Å². The van der Waals surface area contributed by atoms with Gasteiger partial charge in [-0.1, -0.05) is 11.6 Å². The van der Waals surface area contributed by atoms with E-state index in [4.69, 9.17) is 25.6 Å². The van der Waals surface area contributed by atoms with E-state index in [0.717, 1.165) is 0 Å². The minimum atomic E-state index is -0.524. The molecule has 0 aliphatic rings. The highest BCUT2D eigenvalue weighted by atomic mass is 35.5. The van der Waals surface area contributed by atoms with Crippen LogP contribution in [0.1, 0.15) is 20.8 Å². The molecular weight excluding hydrogens is 296 g/mol. The third kappa shape index (κ3) is 4.53. The van der Waals surface area contributed by atoms with Crippen molar-refractivity contribution in [2.24, 2.45) is 0 Å². The van der Waals surface area contributed by atoms with Crippen LogP contribution in [0.5, 0.6) is 5.88 Å². The molecule has 0 radical (unpaired) electrons. The molecule has 0 fully saturated rings. The second-order valence-corrected chi connectivity index (χ2v) is 5.84. The largest absolute Gasteiger partial charge is 0.473 e. The molecule has 0 aliphatic heterocycles. The van der Waals surface area contributed by atoms with E-state index in [9.17, 15) is 4.79 Å². The van der Waals surface area contributed by atoms with Crippen LogP contribution in [-0.4, -0.2) is 30.0 Å². The fraction of sp³-hybridized carbons (Fsp3) is 0.429. The van der Waals surface area contributed by atoms with E-state index in [-0.39, 0.29) is 6.61 Å². The summed E-state index contributed by atoms with van der Waals surface area (Å²) < 4.78 is 15.7. The first-order chi connectivity index (χ1) is 9.85. The molecule has 0 saturated heterocycles. The van der Waals surface area contributed by atoms with Gasteiger partial charge in [-0.05, 0) is 44.1 Å². The molecular formula is C14H17ClN2O4. The lowest BCUT2D eigenvalue weighted by Gasteiger charge is -2.19. The van der Waals surface area contributed by atoms with Gasteiger partial charge in [-0.15, -0.1) is 0 Å². The Labute approximate surface area is 127 Å².